The maximum atomic E-state index is 6.21. The van der Waals surface area contributed by atoms with Gasteiger partial charge < -0.3 is 5.73 Å². The lowest BCUT2D eigenvalue weighted by Gasteiger charge is -2.52. The Hall–Kier alpha value is -0.820. The van der Waals surface area contributed by atoms with Gasteiger partial charge in [0, 0.05) is 12.0 Å². The first-order valence-corrected chi connectivity index (χ1v) is 7.04. The van der Waals surface area contributed by atoms with Crippen molar-refractivity contribution in [1.82, 2.24) is 0 Å². The molecule has 1 aromatic rings. The Kier molecular flexibility index (Phi) is 3.31. The predicted octanol–water partition coefficient (Wildman–Crippen LogP) is 4.12. The molecule has 2 rings (SSSR count). The molecule has 0 bridgehead atoms. The molecular weight excluding hydrogens is 218 g/mol. The van der Waals surface area contributed by atoms with Crippen molar-refractivity contribution in [3.05, 3.63) is 35.9 Å². The van der Waals surface area contributed by atoms with E-state index in [4.69, 9.17) is 5.73 Å². The van der Waals surface area contributed by atoms with E-state index in [-0.39, 0.29) is 5.41 Å². The molecule has 0 aromatic heterocycles. The van der Waals surface area contributed by atoms with Gasteiger partial charge in [-0.25, -0.2) is 0 Å². The molecule has 0 spiro atoms. The quantitative estimate of drug-likeness (QED) is 0.833. The molecule has 1 aliphatic rings. The maximum absolute atomic E-state index is 6.21. The zero-order valence-corrected chi connectivity index (χ0v) is 12.3. The first kappa shape index (κ1) is 13.6. The molecule has 0 unspecified atom stereocenters. The smallest absolute Gasteiger partial charge is 0.00857 e. The fourth-order valence-corrected chi connectivity index (χ4v) is 4.57. The summed E-state index contributed by atoms with van der Waals surface area (Å²) in [7, 11) is 0. The summed E-state index contributed by atoms with van der Waals surface area (Å²) >= 11 is 0. The highest BCUT2D eigenvalue weighted by atomic mass is 14.6. The molecule has 100 valence electrons. The molecule has 0 amide bonds. The van der Waals surface area contributed by atoms with Gasteiger partial charge in [0.15, 0.2) is 0 Å². The Morgan fingerprint density at radius 2 is 1.39 bits per heavy atom. The van der Waals surface area contributed by atoms with Crippen LogP contribution in [0.1, 0.15) is 52.5 Å². The van der Waals surface area contributed by atoms with Gasteiger partial charge in [0.25, 0.3) is 0 Å². The molecule has 1 aromatic carbocycles. The number of rotatable bonds is 2. The van der Waals surface area contributed by atoms with Crippen LogP contribution in [0.15, 0.2) is 30.3 Å². The summed E-state index contributed by atoms with van der Waals surface area (Å²) in [5, 5.41) is 0. The van der Waals surface area contributed by atoms with E-state index in [0.29, 0.717) is 10.8 Å². The predicted molar refractivity (Wildman–Crippen MR) is 78.6 cm³/mol. The summed E-state index contributed by atoms with van der Waals surface area (Å²) in [6, 6.07) is 10.9. The van der Waals surface area contributed by atoms with Gasteiger partial charge in [-0.15, -0.1) is 0 Å². The van der Waals surface area contributed by atoms with Gasteiger partial charge in [-0.3, -0.25) is 0 Å². The van der Waals surface area contributed by atoms with Crippen LogP contribution in [0.4, 0.5) is 0 Å². The Morgan fingerprint density at radius 1 is 0.889 bits per heavy atom. The summed E-state index contributed by atoms with van der Waals surface area (Å²) in [5.41, 5.74) is 8.54. The van der Waals surface area contributed by atoms with Crippen molar-refractivity contribution in [2.75, 3.05) is 6.54 Å². The van der Waals surface area contributed by atoms with Gasteiger partial charge in [-0.05, 0) is 35.7 Å². The maximum Gasteiger partial charge on any atom is 0.00857 e. The second-order valence-electron chi connectivity index (χ2n) is 7.71. The first-order valence-electron chi connectivity index (χ1n) is 7.04. The van der Waals surface area contributed by atoms with Crippen molar-refractivity contribution in [2.45, 2.75) is 52.4 Å². The highest BCUT2D eigenvalue weighted by molar-refractivity contribution is 5.28. The standard InChI is InChI=1S/C17H27N/c1-15(2)10-16(3,4)12-17(11-15,13-18)14-8-6-5-7-9-14/h5-9H,10-13,18H2,1-4H3. The van der Waals surface area contributed by atoms with E-state index in [2.05, 4.69) is 58.0 Å². The third kappa shape index (κ3) is 2.61. The monoisotopic (exact) mass is 245 g/mol. The second kappa shape index (κ2) is 4.38. The number of hydrogen-bond donors (Lipinski definition) is 1. The molecule has 1 fully saturated rings. The molecule has 1 aliphatic carbocycles. The van der Waals surface area contributed by atoms with E-state index in [1.165, 1.54) is 24.8 Å². The molecule has 0 aliphatic heterocycles. The van der Waals surface area contributed by atoms with Gasteiger partial charge in [0.05, 0.1) is 0 Å². The summed E-state index contributed by atoms with van der Waals surface area (Å²) in [5.74, 6) is 0. The fourth-order valence-electron chi connectivity index (χ4n) is 4.57. The van der Waals surface area contributed by atoms with Crippen LogP contribution in [0.25, 0.3) is 0 Å². The van der Waals surface area contributed by atoms with Crippen molar-refractivity contribution in [1.29, 1.82) is 0 Å². The van der Waals surface area contributed by atoms with Gasteiger partial charge >= 0.3 is 0 Å². The van der Waals surface area contributed by atoms with Crippen LogP contribution < -0.4 is 5.73 Å². The van der Waals surface area contributed by atoms with Crippen molar-refractivity contribution < 1.29 is 0 Å². The molecule has 0 saturated heterocycles. The van der Waals surface area contributed by atoms with Crippen LogP contribution in [0, 0.1) is 10.8 Å². The van der Waals surface area contributed by atoms with Crippen molar-refractivity contribution in [3.8, 4) is 0 Å². The lowest BCUT2D eigenvalue weighted by molar-refractivity contribution is 0.0480. The van der Waals surface area contributed by atoms with Crippen LogP contribution in [0.3, 0.4) is 0 Å². The van der Waals surface area contributed by atoms with E-state index in [9.17, 15) is 0 Å². The van der Waals surface area contributed by atoms with Crippen LogP contribution in [0.2, 0.25) is 0 Å². The largest absolute Gasteiger partial charge is 0.330 e. The van der Waals surface area contributed by atoms with Crippen LogP contribution in [0.5, 0.6) is 0 Å². The molecule has 0 atom stereocenters. The second-order valence-corrected chi connectivity index (χ2v) is 7.71. The minimum atomic E-state index is 0.159. The van der Waals surface area contributed by atoms with E-state index in [1.54, 1.807) is 0 Å². The van der Waals surface area contributed by atoms with Crippen LogP contribution in [-0.2, 0) is 5.41 Å². The van der Waals surface area contributed by atoms with Crippen LogP contribution in [-0.4, -0.2) is 6.54 Å². The summed E-state index contributed by atoms with van der Waals surface area (Å²) in [4.78, 5) is 0. The molecule has 1 heteroatoms. The molecular formula is C17H27N. The van der Waals surface area contributed by atoms with Gasteiger partial charge in [0.1, 0.15) is 0 Å². The van der Waals surface area contributed by atoms with Gasteiger partial charge in [0.2, 0.25) is 0 Å². The van der Waals surface area contributed by atoms with E-state index < -0.39 is 0 Å². The van der Waals surface area contributed by atoms with Gasteiger partial charge in [-0.2, -0.15) is 0 Å². The Bertz CT molecular complexity index is 387. The lowest BCUT2D eigenvalue weighted by Crippen LogP contribution is -2.48. The average Bonchev–Trinajstić information content (AvgIpc) is 2.26. The number of nitrogens with two attached hydrogens (primary N) is 1. The molecule has 1 saturated carbocycles. The first-order chi connectivity index (χ1) is 8.29. The van der Waals surface area contributed by atoms with E-state index in [1.807, 2.05) is 0 Å². The third-order valence-electron chi connectivity index (χ3n) is 4.37. The summed E-state index contributed by atoms with van der Waals surface area (Å²) < 4.78 is 0. The molecule has 2 N–H and O–H groups in total. The topological polar surface area (TPSA) is 26.0 Å². The average molecular weight is 245 g/mol. The van der Waals surface area contributed by atoms with Crippen molar-refractivity contribution >= 4 is 0 Å². The SMILES string of the molecule is CC1(C)CC(C)(C)CC(CN)(c2ccccc2)C1. The van der Waals surface area contributed by atoms with Crippen molar-refractivity contribution in [2.24, 2.45) is 16.6 Å². The van der Waals surface area contributed by atoms with E-state index in [0.717, 1.165) is 6.54 Å². The minimum absolute atomic E-state index is 0.159. The highest BCUT2D eigenvalue weighted by Crippen LogP contribution is 2.54. The van der Waals surface area contributed by atoms with Crippen LogP contribution >= 0.6 is 0 Å². The Labute approximate surface area is 112 Å². The Balaban J connectivity index is 2.43. The molecule has 0 radical (unpaired) electrons. The van der Waals surface area contributed by atoms with Crippen molar-refractivity contribution in [3.63, 3.8) is 0 Å². The van der Waals surface area contributed by atoms with E-state index >= 15 is 0 Å². The Morgan fingerprint density at radius 3 is 1.83 bits per heavy atom. The highest BCUT2D eigenvalue weighted by Gasteiger charge is 2.47. The minimum Gasteiger partial charge on any atom is -0.330 e. The molecule has 1 nitrogen and oxygen atoms in total. The van der Waals surface area contributed by atoms with Gasteiger partial charge in [-0.1, -0.05) is 58.0 Å². The number of hydrogen-bond acceptors (Lipinski definition) is 1. The summed E-state index contributed by atoms with van der Waals surface area (Å²) in [6.07, 6.45) is 3.68. The third-order valence-corrected chi connectivity index (χ3v) is 4.37. The normalized spacial score (nSPS) is 24.7. The number of benzene rings is 1. The molecule has 0 heterocycles. The summed E-state index contributed by atoms with van der Waals surface area (Å²) in [6.45, 7) is 10.3. The fraction of sp³-hybridized carbons (Fsp3) is 0.647. The molecule has 18 heavy (non-hydrogen) atoms. The zero-order valence-electron chi connectivity index (χ0n) is 12.3. The zero-order chi connectivity index (χ0) is 13.4. The lowest BCUT2D eigenvalue weighted by atomic mass is 9.53.